The minimum Gasteiger partial charge on any atom is -0.493 e. The van der Waals surface area contributed by atoms with Crippen LogP contribution in [0.4, 0.5) is 11.9 Å². The molecule has 0 saturated heterocycles. The van der Waals surface area contributed by atoms with E-state index in [0.29, 0.717) is 12.5 Å². The number of benzene rings is 1. The van der Waals surface area contributed by atoms with Crippen molar-refractivity contribution in [2.24, 2.45) is 0 Å². The highest BCUT2D eigenvalue weighted by Crippen LogP contribution is 2.26. The van der Waals surface area contributed by atoms with Crippen LogP contribution in [0.1, 0.15) is 11.1 Å². The summed E-state index contributed by atoms with van der Waals surface area (Å²) in [7, 11) is 0. The SMILES string of the molecule is Nc1nc(N)n(Cc2ccc3c(c2)OCC3)n1. The summed E-state index contributed by atoms with van der Waals surface area (Å²) < 4.78 is 7.09. The molecule has 1 aliphatic heterocycles. The average molecular weight is 231 g/mol. The van der Waals surface area contributed by atoms with E-state index in [1.165, 1.54) is 5.56 Å². The number of hydrogen-bond donors (Lipinski definition) is 2. The third-order valence-corrected chi connectivity index (χ3v) is 2.81. The van der Waals surface area contributed by atoms with Crippen LogP contribution >= 0.6 is 0 Å². The Morgan fingerprint density at radius 3 is 3.00 bits per heavy atom. The number of nitrogens with zero attached hydrogens (tertiary/aromatic N) is 3. The molecule has 0 unspecified atom stereocenters. The Morgan fingerprint density at radius 1 is 1.35 bits per heavy atom. The fourth-order valence-corrected chi connectivity index (χ4v) is 1.97. The fourth-order valence-electron chi connectivity index (χ4n) is 1.97. The highest BCUT2D eigenvalue weighted by molar-refractivity contribution is 5.40. The van der Waals surface area contributed by atoms with Gasteiger partial charge in [0, 0.05) is 6.42 Å². The first-order valence-corrected chi connectivity index (χ1v) is 5.43. The molecule has 1 aliphatic rings. The second-order valence-corrected chi connectivity index (χ2v) is 4.03. The summed E-state index contributed by atoms with van der Waals surface area (Å²) in [6, 6.07) is 6.14. The third kappa shape index (κ3) is 1.77. The molecule has 6 nitrogen and oxygen atoms in total. The molecule has 0 aliphatic carbocycles. The summed E-state index contributed by atoms with van der Waals surface area (Å²) >= 11 is 0. The molecule has 0 saturated carbocycles. The van der Waals surface area contributed by atoms with Gasteiger partial charge in [-0.3, -0.25) is 0 Å². The Labute approximate surface area is 98.2 Å². The number of rotatable bonds is 2. The summed E-state index contributed by atoms with van der Waals surface area (Å²) in [6.07, 6.45) is 0.980. The van der Waals surface area contributed by atoms with Gasteiger partial charge in [-0.25, -0.2) is 4.68 Å². The van der Waals surface area contributed by atoms with Crippen molar-refractivity contribution in [2.45, 2.75) is 13.0 Å². The zero-order valence-electron chi connectivity index (χ0n) is 9.26. The highest BCUT2D eigenvalue weighted by Gasteiger charge is 2.13. The lowest BCUT2D eigenvalue weighted by Crippen LogP contribution is -2.06. The first kappa shape index (κ1) is 9.95. The zero-order valence-corrected chi connectivity index (χ0v) is 9.26. The van der Waals surface area contributed by atoms with Crippen molar-refractivity contribution < 1.29 is 4.74 Å². The molecular formula is C11H13N5O. The Morgan fingerprint density at radius 2 is 2.24 bits per heavy atom. The van der Waals surface area contributed by atoms with Gasteiger partial charge >= 0.3 is 0 Å². The topological polar surface area (TPSA) is 92.0 Å². The van der Waals surface area contributed by atoms with Gasteiger partial charge in [0.05, 0.1) is 13.2 Å². The van der Waals surface area contributed by atoms with E-state index >= 15 is 0 Å². The molecule has 0 spiro atoms. The molecule has 2 aromatic rings. The highest BCUT2D eigenvalue weighted by atomic mass is 16.5. The van der Waals surface area contributed by atoms with Gasteiger partial charge in [-0.15, -0.1) is 5.10 Å². The van der Waals surface area contributed by atoms with E-state index in [1.807, 2.05) is 12.1 Å². The first-order chi connectivity index (χ1) is 8.22. The van der Waals surface area contributed by atoms with Crippen LogP contribution in [0.2, 0.25) is 0 Å². The number of aromatic nitrogens is 3. The van der Waals surface area contributed by atoms with Crippen molar-refractivity contribution in [3.05, 3.63) is 29.3 Å². The molecule has 1 aromatic heterocycles. The minimum absolute atomic E-state index is 0.194. The maximum absolute atomic E-state index is 5.68. The Bertz CT molecular complexity index is 563. The standard InChI is InChI=1S/C11H13N5O/c12-10-14-11(13)16(15-10)6-7-1-2-8-3-4-17-9(8)5-7/h1-2,5H,3-4,6H2,(H4,12,13,14,15). The zero-order chi connectivity index (χ0) is 11.8. The van der Waals surface area contributed by atoms with Gasteiger partial charge in [0.1, 0.15) is 5.75 Å². The Kier molecular flexibility index (Phi) is 2.14. The lowest BCUT2D eigenvalue weighted by atomic mass is 10.1. The van der Waals surface area contributed by atoms with E-state index < -0.39 is 0 Å². The molecule has 4 N–H and O–H groups in total. The third-order valence-electron chi connectivity index (χ3n) is 2.81. The summed E-state index contributed by atoms with van der Waals surface area (Å²) in [4.78, 5) is 3.86. The van der Waals surface area contributed by atoms with Gasteiger partial charge in [0.25, 0.3) is 0 Å². The van der Waals surface area contributed by atoms with Gasteiger partial charge < -0.3 is 16.2 Å². The van der Waals surface area contributed by atoms with Crippen LogP contribution in [0.25, 0.3) is 0 Å². The molecule has 1 aromatic carbocycles. The molecule has 0 amide bonds. The predicted octanol–water partition coefficient (Wildman–Crippen LogP) is 0.426. The van der Waals surface area contributed by atoms with Crippen molar-refractivity contribution in [1.29, 1.82) is 0 Å². The van der Waals surface area contributed by atoms with Crippen LogP contribution < -0.4 is 16.2 Å². The van der Waals surface area contributed by atoms with Crippen LogP contribution in [-0.2, 0) is 13.0 Å². The largest absolute Gasteiger partial charge is 0.493 e. The Hall–Kier alpha value is -2.24. The van der Waals surface area contributed by atoms with Crippen molar-refractivity contribution in [3.8, 4) is 5.75 Å². The van der Waals surface area contributed by atoms with Gasteiger partial charge in [0.2, 0.25) is 11.9 Å². The summed E-state index contributed by atoms with van der Waals surface area (Å²) in [5, 5.41) is 4.02. The smallest absolute Gasteiger partial charge is 0.241 e. The predicted molar refractivity (Wildman–Crippen MR) is 63.6 cm³/mol. The minimum atomic E-state index is 0.194. The second-order valence-electron chi connectivity index (χ2n) is 4.03. The van der Waals surface area contributed by atoms with Crippen LogP contribution in [0, 0.1) is 0 Å². The maximum Gasteiger partial charge on any atom is 0.241 e. The molecule has 0 bridgehead atoms. The second kappa shape index (κ2) is 3.65. The van der Waals surface area contributed by atoms with Gasteiger partial charge in [0.15, 0.2) is 0 Å². The Balaban J connectivity index is 1.88. The molecule has 0 fully saturated rings. The van der Waals surface area contributed by atoms with Crippen molar-refractivity contribution in [2.75, 3.05) is 18.1 Å². The van der Waals surface area contributed by atoms with Crippen LogP contribution in [-0.4, -0.2) is 21.4 Å². The van der Waals surface area contributed by atoms with E-state index in [1.54, 1.807) is 4.68 Å². The van der Waals surface area contributed by atoms with Crippen LogP contribution in [0.3, 0.4) is 0 Å². The van der Waals surface area contributed by atoms with Crippen molar-refractivity contribution in [1.82, 2.24) is 14.8 Å². The number of anilines is 2. The van der Waals surface area contributed by atoms with Crippen LogP contribution in [0.5, 0.6) is 5.75 Å². The summed E-state index contributed by atoms with van der Waals surface area (Å²) in [5.74, 6) is 1.47. The van der Waals surface area contributed by atoms with E-state index in [4.69, 9.17) is 16.2 Å². The lowest BCUT2D eigenvalue weighted by molar-refractivity contribution is 0.356. The van der Waals surface area contributed by atoms with Crippen molar-refractivity contribution in [3.63, 3.8) is 0 Å². The van der Waals surface area contributed by atoms with E-state index in [-0.39, 0.29) is 5.95 Å². The normalized spacial score (nSPS) is 13.4. The molecule has 17 heavy (non-hydrogen) atoms. The fraction of sp³-hybridized carbons (Fsp3) is 0.273. The average Bonchev–Trinajstić information content (AvgIpc) is 2.85. The molecular weight excluding hydrogens is 218 g/mol. The number of nitrogens with two attached hydrogens (primary N) is 2. The maximum atomic E-state index is 5.68. The molecule has 2 heterocycles. The summed E-state index contributed by atoms with van der Waals surface area (Å²) in [5.41, 5.74) is 13.5. The first-order valence-electron chi connectivity index (χ1n) is 5.43. The van der Waals surface area contributed by atoms with Crippen molar-refractivity contribution >= 4 is 11.9 Å². The molecule has 3 rings (SSSR count). The van der Waals surface area contributed by atoms with Gasteiger partial charge in [-0.05, 0) is 17.2 Å². The number of nitrogen functional groups attached to an aromatic ring is 2. The molecule has 0 atom stereocenters. The van der Waals surface area contributed by atoms with Gasteiger partial charge in [-0.1, -0.05) is 12.1 Å². The molecule has 6 heteroatoms. The summed E-state index contributed by atoms with van der Waals surface area (Å²) in [6.45, 7) is 1.31. The number of hydrogen-bond acceptors (Lipinski definition) is 5. The monoisotopic (exact) mass is 231 g/mol. The quantitative estimate of drug-likeness (QED) is 0.781. The molecule has 0 radical (unpaired) electrons. The van der Waals surface area contributed by atoms with E-state index in [9.17, 15) is 0 Å². The molecule has 88 valence electrons. The van der Waals surface area contributed by atoms with Crippen LogP contribution in [0.15, 0.2) is 18.2 Å². The van der Waals surface area contributed by atoms with E-state index in [0.717, 1.165) is 24.3 Å². The lowest BCUT2D eigenvalue weighted by Gasteiger charge is -2.05. The number of fused-ring (bicyclic) bond motifs is 1. The van der Waals surface area contributed by atoms with E-state index in [2.05, 4.69) is 16.1 Å². The number of ether oxygens (including phenoxy) is 1. The van der Waals surface area contributed by atoms with Gasteiger partial charge in [-0.2, -0.15) is 4.98 Å².